The Morgan fingerprint density at radius 2 is 1.68 bits per heavy atom. The van der Waals surface area contributed by atoms with Gasteiger partial charge < -0.3 is 0 Å². The van der Waals surface area contributed by atoms with E-state index in [1.807, 2.05) is 0 Å². The Bertz CT molecular complexity index is 653. The molecular formula is C14H7F4N. The van der Waals surface area contributed by atoms with Gasteiger partial charge in [0.15, 0.2) is 0 Å². The normalized spacial score (nSPS) is 11.1. The quantitative estimate of drug-likeness (QED) is 0.702. The predicted molar refractivity (Wildman–Crippen MR) is 61.6 cm³/mol. The fourth-order valence-corrected chi connectivity index (χ4v) is 1.70. The zero-order chi connectivity index (χ0) is 14.0. The van der Waals surface area contributed by atoms with Crippen molar-refractivity contribution in [3.63, 3.8) is 0 Å². The van der Waals surface area contributed by atoms with Crippen LogP contribution in [0.4, 0.5) is 17.6 Å². The van der Waals surface area contributed by atoms with Gasteiger partial charge in [0.2, 0.25) is 0 Å². The summed E-state index contributed by atoms with van der Waals surface area (Å²) in [6.07, 6.45) is -4.46. The van der Waals surface area contributed by atoms with Crippen LogP contribution in [-0.4, -0.2) is 0 Å². The summed E-state index contributed by atoms with van der Waals surface area (Å²) in [5, 5.41) is 8.72. The van der Waals surface area contributed by atoms with Crippen molar-refractivity contribution in [1.82, 2.24) is 0 Å². The summed E-state index contributed by atoms with van der Waals surface area (Å²) in [6.45, 7) is 0. The molecule has 0 bridgehead atoms. The number of nitrogens with zero attached hydrogens (tertiary/aromatic N) is 1. The summed E-state index contributed by atoms with van der Waals surface area (Å²) in [4.78, 5) is 0. The van der Waals surface area contributed by atoms with E-state index in [1.165, 1.54) is 18.2 Å². The molecule has 0 aliphatic heterocycles. The van der Waals surface area contributed by atoms with Crippen LogP contribution in [0, 0.1) is 17.1 Å². The summed E-state index contributed by atoms with van der Waals surface area (Å²) in [5.41, 5.74) is -0.298. The maximum atomic E-state index is 13.3. The van der Waals surface area contributed by atoms with Crippen molar-refractivity contribution in [2.24, 2.45) is 0 Å². The van der Waals surface area contributed by atoms with E-state index in [2.05, 4.69) is 0 Å². The molecule has 0 saturated heterocycles. The van der Waals surface area contributed by atoms with Crippen molar-refractivity contribution in [1.29, 1.82) is 5.26 Å². The fourth-order valence-electron chi connectivity index (χ4n) is 1.70. The van der Waals surface area contributed by atoms with Gasteiger partial charge in [-0.25, -0.2) is 4.39 Å². The van der Waals surface area contributed by atoms with E-state index in [1.54, 1.807) is 6.07 Å². The van der Waals surface area contributed by atoms with Gasteiger partial charge in [-0.2, -0.15) is 18.4 Å². The molecule has 0 atom stereocenters. The topological polar surface area (TPSA) is 23.8 Å². The minimum absolute atomic E-state index is 0.0624. The largest absolute Gasteiger partial charge is 0.416 e. The van der Waals surface area contributed by atoms with E-state index in [9.17, 15) is 17.6 Å². The first-order valence-corrected chi connectivity index (χ1v) is 5.28. The number of rotatable bonds is 1. The first-order valence-electron chi connectivity index (χ1n) is 5.28. The van der Waals surface area contributed by atoms with Gasteiger partial charge in [-0.1, -0.05) is 12.1 Å². The molecular weight excluding hydrogens is 258 g/mol. The van der Waals surface area contributed by atoms with Crippen LogP contribution < -0.4 is 0 Å². The van der Waals surface area contributed by atoms with Crippen LogP contribution in [0.3, 0.4) is 0 Å². The average Bonchev–Trinajstić information content (AvgIpc) is 2.37. The SMILES string of the molecule is N#Cc1cc(F)cc(-c2cccc(C(F)(F)F)c2)c1. The summed E-state index contributed by atoms with van der Waals surface area (Å²) < 4.78 is 51.0. The van der Waals surface area contributed by atoms with Gasteiger partial charge in [-0.15, -0.1) is 0 Å². The van der Waals surface area contributed by atoms with E-state index in [4.69, 9.17) is 5.26 Å². The number of nitriles is 1. The molecule has 0 radical (unpaired) electrons. The lowest BCUT2D eigenvalue weighted by Crippen LogP contribution is -2.04. The third kappa shape index (κ3) is 2.91. The van der Waals surface area contributed by atoms with Gasteiger partial charge in [0, 0.05) is 0 Å². The summed E-state index contributed by atoms with van der Waals surface area (Å²) in [6, 6.07) is 9.77. The maximum Gasteiger partial charge on any atom is 0.416 e. The van der Waals surface area contributed by atoms with Crippen molar-refractivity contribution in [2.45, 2.75) is 6.18 Å². The van der Waals surface area contributed by atoms with Crippen molar-refractivity contribution in [2.75, 3.05) is 0 Å². The van der Waals surface area contributed by atoms with Crippen LogP contribution in [0.15, 0.2) is 42.5 Å². The average molecular weight is 265 g/mol. The third-order valence-corrected chi connectivity index (χ3v) is 2.55. The lowest BCUT2D eigenvalue weighted by Gasteiger charge is -2.09. The molecule has 5 heteroatoms. The van der Waals surface area contributed by atoms with Crippen molar-refractivity contribution in [3.05, 3.63) is 59.4 Å². The lowest BCUT2D eigenvalue weighted by atomic mass is 10.0. The third-order valence-electron chi connectivity index (χ3n) is 2.55. The maximum absolute atomic E-state index is 13.3. The highest BCUT2D eigenvalue weighted by Crippen LogP contribution is 2.32. The molecule has 0 saturated carbocycles. The summed E-state index contributed by atoms with van der Waals surface area (Å²) >= 11 is 0. The molecule has 0 aliphatic carbocycles. The molecule has 2 rings (SSSR count). The molecule has 2 aromatic rings. The number of alkyl halides is 3. The molecule has 0 unspecified atom stereocenters. The Balaban J connectivity index is 2.54. The molecule has 0 N–H and O–H groups in total. The van der Waals surface area contributed by atoms with E-state index >= 15 is 0 Å². The summed E-state index contributed by atoms with van der Waals surface area (Å²) in [5.74, 6) is -0.661. The highest BCUT2D eigenvalue weighted by atomic mass is 19.4. The van der Waals surface area contributed by atoms with Crippen LogP contribution in [0.1, 0.15) is 11.1 Å². The van der Waals surface area contributed by atoms with Gasteiger partial charge in [-0.3, -0.25) is 0 Å². The minimum atomic E-state index is -4.46. The monoisotopic (exact) mass is 265 g/mol. The Hall–Kier alpha value is -2.35. The van der Waals surface area contributed by atoms with Crippen LogP contribution >= 0.6 is 0 Å². The Morgan fingerprint density at radius 1 is 0.947 bits per heavy atom. The standard InChI is InChI=1S/C14H7F4N/c15-13-5-9(8-19)4-11(7-13)10-2-1-3-12(6-10)14(16,17)18/h1-7H. The number of hydrogen-bond acceptors (Lipinski definition) is 1. The first kappa shape index (κ1) is 13.1. The number of halogens is 4. The van der Waals surface area contributed by atoms with Crippen molar-refractivity contribution < 1.29 is 17.6 Å². The second-order valence-electron chi connectivity index (χ2n) is 3.92. The van der Waals surface area contributed by atoms with Crippen LogP contribution in [0.5, 0.6) is 0 Å². The predicted octanol–water partition coefficient (Wildman–Crippen LogP) is 4.38. The number of benzene rings is 2. The zero-order valence-corrected chi connectivity index (χ0v) is 9.50. The molecule has 0 aromatic heterocycles. The molecule has 1 nitrogen and oxygen atoms in total. The Labute approximate surface area is 106 Å². The lowest BCUT2D eigenvalue weighted by molar-refractivity contribution is -0.137. The molecule has 0 spiro atoms. The molecule has 19 heavy (non-hydrogen) atoms. The molecule has 0 heterocycles. The van der Waals surface area contributed by atoms with Crippen LogP contribution in [-0.2, 0) is 6.18 Å². The molecule has 2 aromatic carbocycles. The molecule has 0 fully saturated rings. The molecule has 96 valence electrons. The molecule has 0 amide bonds. The smallest absolute Gasteiger partial charge is 0.207 e. The van der Waals surface area contributed by atoms with Crippen LogP contribution in [0.2, 0.25) is 0 Å². The van der Waals surface area contributed by atoms with Gasteiger partial charge >= 0.3 is 6.18 Å². The second kappa shape index (κ2) is 4.73. The van der Waals surface area contributed by atoms with E-state index in [-0.39, 0.29) is 16.7 Å². The van der Waals surface area contributed by atoms with Crippen molar-refractivity contribution in [3.8, 4) is 17.2 Å². The van der Waals surface area contributed by atoms with E-state index in [0.29, 0.717) is 0 Å². The number of hydrogen-bond donors (Lipinski definition) is 0. The van der Waals surface area contributed by atoms with Gasteiger partial charge in [0.05, 0.1) is 17.2 Å². The fraction of sp³-hybridized carbons (Fsp3) is 0.0714. The van der Waals surface area contributed by atoms with E-state index < -0.39 is 17.6 Å². The minimum Gasteiger partial charge on any atom is -0.207 e. The van der Waals surface area contributed by atoms with Gasteiger partial charge in [0.1, 0.15) is 5.82 Å². The highest BCUT2D eigenvalue weighted by molar-refractivity contribution is 5.66. The van der Waals surface area contributed by atoms with Gasteiger partial charge in [-0.05, 0) is 41.5 Å². The zero-order valence-electron chi connectivity index (χ0n) is 9.50. The Kier molecular flexibility index (Phi) is 3.26. The van der Waals surface area contributed by atoms with Crippen LogP contribution in [0.25, 0.3) is 11.1 Å². The first-order chi connectivity index (χ1) is 8.90. The van der Waals surface area contributed by atoms with Crippen molar-refractivity contribution >= 4 is 0 Å². The van der Waals surface area contributed by atoms with Gasteiger partial charge in [0.25, 0.3) is 0 Å². The molecule has 0 aliphatic rings. The Morgan fingerprint density at radius 3 is 2.32 bits per heavy atom. The highest BCUT2D eigenvalue weighted by Gasteiger charge is 2.30. The van der Waals surface area contributed by atoms with E-state index in [0.717, 1.165) is 24.3 Å². The summed E-state index contributed by atoms with van der Waals surface area (Å²) in [7, 11) is 0. The second-order valence-corrected chi connectivity index (χ2v) is 3.92.